The van der Waals surface area contributed by atoms with Crippen LogP contribution in [0.1, 0.15) is 90.7 Å². The average molecular weight is 1170 g/mol. The van der Waals surface area contributed by atoms with Crippen molar-refractivity contribution in [3.05, 3.63) is 161 Å². The molecule has 2 aliphatic rings. The van der Waals surface area contributed by atoms with Gasteiger partial charge in [0.25, 0.3) is 0 Å². The first kappa shape index (κ1) is 63.5. The number of aryl methyl sites for hydroxylation is 3. The lowest BCUT2D eigenvalue weighted by Gasteiger charge is -2.51. The van der Waals surface area contributed by atoms with Crippen LogP contribution in [0.25, 0.3) is 0 Å². The number of H-pyrrole nitrogens is 2. The van der Waals surface area contributed by atoms with Crippen molar-refractivity contribution in [2.75, 3.05) is 53.6 Å². The van der Waals surface area contributed by atoms with Gasteiger partial charge in [-0.2, -0.15) is 13.2 Å². The molecule has 19 nitrogen and oxygen atoms in total. The molecule has 0 spiro atoms. The third kappa shape index (κ3) is 16.6. The number of carbonyl (C=O) groups excluding carboxylic acids is 5. The maximum absolute atomic E-state index is 14.0. The molecule has 4 amide bonds. The first-order valence-electron chi connectivity index (χ1n) is 28.1. The summed E-state index contributed by atoms with van der Waals surface area (Å²) >= 11 is 0. The van der Waals surface area contributed by atoms with Gasteiger partial charge in [0.1, 0.15) is 46.6 Å². The molecule has 2 aliphatic heterocycles. The van der Waals surface area contributed by atoms with Crippen LogP contribution >= 0.6 is 0 Å². The third-order valence-corrected chi connectivity index (χ3v) is 14.9. The van der Waals surface area contributed by atoms with E-state index in [2.05, 4.69) is 68.2 Å². The number of benzene rings is 4. The molecule has 0 bridgehead atoms. The van der Waals surface area contributed by atoms with Gasteiger partial charge >= 0.3 is 12.1 Å². The number of aromatic nitrogens is 4. The smallest absolute Gasteiger partial charge is 0.491 e. The van der Waals surface area contributed by atoms with Crippen LogP contribution in [0.15, 0.2) is 116 Å². The standard InChI is InChI=1S/C32H37F3N4O6.C30H38N4O5/c1-4-5-14-44-31(25-9-7-6-8-21(25)2)18-39(19-31)29(41)26(38-28(40)13-11-23-17-36-20-37-23)15-22-10-12-24(43-3)16-27(22)45-30(42)32(33,34)35;1-4-5-14-39-30(25-9-7-6-8-21(25)2)18-34(19-30)29(37)26(15-22-10-12-24(38-3)13-11-22)33-28(36)27(35)16-23-17-31-20-32-23/h6-10,12,16-17,20,26H,4-5,11,13-15,18-19H2,1-3H3,(H,36,37)(H,38,40);6-13,17,20,26-27,35H,4-5,14-16,18-19H2,1-3H3,(H,31,32)(H,33,36)/t;26-,27+/m.1/s1. The van der Waals surface area contributed by atoms with Crippen molar-refractivity contribution in [1.82, 2.24) is 40.4 Å². The molecule has 2 fully saturated rings. The first-order chi connectivity index (χ1) is 40.3. The van der Waals surface area contributed by atoms with Gasteiger partial charge in [-0.1, -0.05) is 93.4 Å². The summed E-state index contributed by atoms with van der Waals surface area (Å²) in [6, 6.07) is 25.2. The van der Waals surface area contributed by atoms with Crippen molar-refractivity contribution in [2.45, 2.75) is 121 Å². The number of aromatic amines is 2. The number of nitrogens with one attached hydrogen (secondary N) is 4. The zero-order chi connectivity index (χ0) is 60.4. The van der Waals surface area contributed by atoms with E-state index in [0.29, 0.717) is 44.2 Å². The van der Waals surface area contributed by atoms with Gasteiger partial charge < -0.3 is 59.2 Å². The fraction of sp³-hybridized carbons (Fsp3) is 0.435. The Morgan fingerprint density at radius 2 is 1.19 bits per heavy atom. The quantitative estimate of drug-likeness (QED) is 0.0193. The number of alkyl halides is 3. The zero-order valence-electron chi connectivity index (χ0n) is 48.3. The first-order valence-corrected chi connectivity index (χ1v) is 28.1. The van der Waals surface area contributed by atoms with Gasteiger partial charge in [0.15, 0.2) is 0 Å². The number of unbranched alkanes of at least 4 members (excludes halogenated alkanes) is 2. The molecule has 0 radical (unpaired) electrons. The number of amides is 4. The molecule has 450 valence electrons. The third-order valence-electron chi connectivity index (χ3n) is 14.9. The van der Waals surface area contributed by atoms with Crippen molar-refractivity contribution in [2.24, 2.45) is 0 Å². The summed E-state index contributed by atoms with van der Waals surface area (Å²) in [5.74, 6) is -3.72. The van der Waals surface area contributed by atoms with E-state index in [4.69, 9.17) is 18.9 Å². The lowest BCUT2D eigenvalue weighted by Crippen LogP contribution is -2.66. The van der Waals surface area contributed by atoms with Crippen molar-refractivity contribution in [3.8, 4) is 17.2 Å². The molecule has 0 aliphatic carbocycles. The number of aliphatic hydroxyl groups is 1. The van der Waals surface area contributed by atoms with Gasteiger partial charge in [-0.3, -0.25) is 19.2 Å². The normalized spacial score (nSPS) is 15.2. The van der Waals surface area contributed by atoms with E-state index in [1.54, 1.807) is 29.3 Å². The predicted molar refractivity (Wildman–Crippen MR) is 305 cm³/mol. The molecule has 6 aromatic rings. The molecule has 2 aromatic heterocycles. The number of nitrogens with zero attached hydrogens (tertiary/aromatic N) is 4. The molecule has 1 unspecified atom stereocenters. The van der Waals surface area contributed by atoms with E-state index in [1.807, 2.05) is 67.6 Å². The fourth-order valence-electron chi connectivity index (χ4n) is 10.2. The number of halogens is 3. The highest BCUT2D eigenvalue weighted by atomic mass is 19.4. The number of likely N-dealkylation sites (tertiary alicyclic amines) is 2. The van der Waals surface area contributed by atoms with E-state index in [0.717, 1.165) is 65.3 Å². The van der Waals surface area contributed by atoms with Gasteiger partial charge in [0.05, 0.1) is 53.1 Å². The summed E-state index contributed by atoms with van der Waals surface area (Å²) in [5, 5.41) is 16.1. The SMILES string of the molecule is CCCCOC1(c2ccccc2C)CN(C(=O)C(Cc2ccc(OC)cc2OC(=O)C(F)(F)F)NC(=O)CCc2cnc[nH]2)C1.CCCCOC1(c2ccccc2C)CN(C(=O)[C@@H](Cc2ccc(OC)cc2)NC(=O)[C@@H](O)Cc2cnc[nH]2)C1. The van der Waals surface area contributed by atoms with Gasteiger partial charge in [0.2, 0.25) is 23.6 Å². The highest BCUT2D eigenvalue weighted by Gasteiger charge is 2.51. The molecule has 4 aromatic carbocycles. The van der Waals surface area contributed by atoms with E-state index < -0.39 is 65.0 Å². The number of imidazole rings is 2. The van der Waals surface area contributed by atoms with Gasteiger partial charge in [-0.15, -0.1) is 0 Å². The molecule has 4 heterocycles. The summed E-state index contributed by atoms with van der Waals surface area (Å²) < 4.78 is 67.1. The van der Waals surface area contributed by atoms with Crippen LogP contribution in [0.2, 0.25) is 0 Å². The number of ether oxygens (including phenoxy) is 5. The predicted octanol–water partition coefficient (Wildman–Crippen LogP) is 7.32. The lowest BCUT2D eigenvalue weighted by molar-refractivity contribution is -0.189. The maximum Gasteiger partial charge on any atom is 0.491 e. The summed E-state index contributed by atoms with van der Waals surface area (Å²) in [4.78, 5) is 82.4. The van der Waals surface area contributed by atoms with E-state index in [-0.39, 0.29) is 56.0 Å². The minimum atomic E-state index is -5.25. The Balaban J connectivity index is 0.000000243. The fourth-order valence-corrected chi connectivity index (χ4v) is 10.2. The molecule has 22 heteroatoms. The summed E-state index contributed by atoms with van der Waals surface area (Å²) in [7, 11) is 2.90. The van der Waals surface area contributed by atoms with Crippen molar-refractivity contribution < 1.29 is 65.9 Å². The molecule has 2 saturated heterocycles. The largest absolute Gasteiger partial charge is 0.497 e. The second kappa shape index (κ2) is 29.4. The molecular weight excluding hydrogens is 1090 g/mol. The Hall–Kier alpha value is -8.08. The van der Waals surface area contributed by atoms with Crippen LogP contribution in [-0.2, 0) is 70.3 Å². The van der Waals surface area contributed by atoms with Crippen molar-refractivity contribution >= 4 is 29.6 Å². The summed E-state index contributed by atoms with van der Waals surface area (Å²) in [6.45, 7) is 10.5. The van der Waals surface area contributed by atoms with E-state index >= 15 is 0 Å². The van der Waals surface area contributed by atoms with Crippen molar-refractivity contribution in [3.63, 3.8) is 0 Å². The Labute approximate surface area is 487 Å². The second-order valence-electron chi connectivity index (χ2n) is 21.1. The van der Waals surface area contributed by atoms with Crippen molar-refractivity contribution in [1.29, 1.82) is 0 Å². The highest BCUT2D eigenvalue weighted by Crippen LogP contribution is 2.40. The topological polar surface area (TPSA) is 240 Å². The number of carbonyl (C=O) groups is 5. The number of esters is 1. The Bertz CT molecular complexity index is 3110. The molecule has 5 N–H and O–H groups in total. The average Bonchev–Trinajstić information content (AvgIpc) is 4.08. The number of hydrogen-bond donors (Lipinski definition) is 5. The minimum absolute atomic E-state index is 0.0256. The monoisotopic (exact) mass is 1160 g/mol. The molecule has 3 atom stereocenters. The van der Waals surface area contributed by atoms with Gasteiger partial charge in [-0.25, -0.2) is 14.8 Å². The second-order valence-corrected chi connectivity index (χ2v) is 21.1. The van der Waals surface area contributed by atoms with Gasteiger partial charge in [-0.05, 0) is 84.7 Å². The van der Waals surface area contributed by atoms with Crippen LogP contribution in [-0.4, -0.2) is 142 Å². The van der Waals surface area contributed by atoms with Crippen LogP contribution in [0.5, 0.6) is 17.2 Å². The molecular formula is C62H75F3N8O11. The minimum Gasteiger partial charge on any atom is -0.497 e. The number of methoxy groups -OCH3 is 2. The van der Waals surface area contributed by atoms with Crippen LogP contribution in [0, 0.1) is 13.8 Å². The number of aliphatic hydroxyl groups excluding tert-OH is 1. The summed E-state index contributed by atoms with van der Waals surface area (Å²) in [6.07, 6.45) is 3.72. The molecule has 8 rings (SSSR count). The lowest BCUT2D eigenvalue weighted by atomic mass is 9.82. The number of hydrogen-bond acceptors (Lipinski definition) is 13. The maximum atomic E-state index is 14.0. The van der Waals surface area contributed by atoms with Crippen LogP contribution in [0.3, 0.4) is 0 Å². The van der Waals surface area contributed by atoms with E-state index in [9.17, 15) is 42.3 Å². The number of rotatable bonds is 27. The molecule has 0 saturated carbocycles. The van der Waals surface area contributed by atoms with E-state index in [1.165, 1.54) is 31.9 Å². The zero-order valence-corrected chi connectivity index (χ0v) is 48.3. The van der Waals surface area contributed by atoms with Gasteiger partial charge in [0, 0.05) is 68.7 Å². The Morgan fingerprint density at radius 3 is 1.68 bits per heavy atom. The highest BCUT2D eigenvalue weighted by molar-refractivity contribution is 5.91. The van der Waals surface area contributed by atoms with Crippen LogP contribution < -0.4 is 24.8 Å². The summed E-state index contributed by atoms with van der Waals surface area (Å²) in [5.41, 5.74) is 5.17. The Morgan fingerprint density at radius 1 is 0.679 bits per heavy atom. The Kier molecular flexibility index (Phi) is 22.3. The molecule has 84 heavy (non-hydrogen) atoms. The van der Waals surface area contributed by atoms with Crippen LogP contribution in [0.4, 0.5) is 13.2 Å².